The Kier molecular flexibility index (Phi) is 6.66. The summed E-state index contributed by atoms with van der Waals surface area (Å²) < 4.78 is 15.7. The molecule has 0 spiro atoms. The summed E-state index contributed by atoms with van der Waals surface area (Å²) in [6.45, 7) is 4.96. The summed E-state index contributed by atoms with van der Waals surface area (Å²) in [7, 11) is 0. The topological polar surface area (TPSA) is 71.3 Å². The number of halogens is 1. The number of carboxylic acids is 1. The lowest BCUT2D eigenvalue weighted by Gasteiger charge is -2.33. The minimum Gasteiger partial charge on any atom is -0.481 e. The molecule has 174 valence electrons. The van der Waals surface area contributed by atoms with E-state index in [4.69, 9.17) is 0 Å². The molecule has 0 bridgehead atoms. The third-order valence-corrected chi connectivity index (χ3v) is 7.34. The van der Waals surface area contributed by atoms with Gasteiger partial charge in [0.05, 0.1) is 18.4 Å². The van der Waals surface area contributed by atoms with Crippen molar-refractivity contribution in [3.63, 3.8) is 0 Å². The number of aliphatic carboxylic acids is 1. The number of hydrogen-bond donors (Lipinski definition) is 2. The van der Waals surface area contributed by atoms with Gasteiger partial charge in [-0.3, -0.25) is 9.59 Å². The number of carboxylic acid groups (broad SMARTS) is 1. The molecule has 6 heteroatoms. The van der Waals surface area contributed by atoms with Crippen molar-refractivity contribution in [3.05, 3.63) is 71.2 Å². The Hall–Kier alpha value is -2.99. The molecule has 1 aliphatic rings. The number of Topliss-reactive ketones (excluding diaryl/α,β-unsaturated/α-hetero) is 1. The van der Waals surface area contributed by atoms with Crippen molar-refractivity contribution in [1.29, 1.82) is 0 Å². The molecule has 33 heavy (non-hydrogen) atoms. The van der Waals surface area contributed by atoms with Gasteiger partial charge in [0.25, 0.3) is 0 Å². The monoisotopic (exact) mass is 450 g/mol. The van der Waals surface area contributed by atoms with E-state index < -0.39 is 11.4 Å². The van der Waals surface area contributed by atoms with Gasteiger partial charge in [-0.1, -0.05) is 44.2 Å². The molecule has 4 rings (SSSR count). The van der Waals surface area contributed by atoms with Gasteiger partial charge in [0, 0.05) is 29.2 Å². The van der Waals surface area contributed by atoms with Crippen LogP contribution in [0, 0.1) is 5.82 Å². The summed E-state index contributed by atoms with van der Waals surface area (Å²) in [5, 5.41) is 13.9. The quantitative estimate of drug-likeness (QED) is 0.498. The molecule has 0 fully saturated rings. The van der Waals surface area contributed by atoms with Crippen molar-refractivity contribution in [3.8, 4) is 0 Å². The second-order valence-corrected chi connectivity index (χ2v) is 8.96. The molecule has 5 nitrogen and oxygen atoms in total. The van der Waals surface area contributed by atoms with Gasteiger partial charge >= 0.3 is 5.97 Å². The zero-order chi connectivity index (χ0) is 23.6. The van der Waals surface area contributed by atoms with E-state index in [0.29, 0.717) is 19.4 Å². The van der Waals surface area contributed by atoms with E-state index in [9.17, 15) is 19.1 Å². The molecule has 0 unspecified atom stereocenters. The van der Waals surface area contributed by atoms with Crippen LogP contribution in [-0.4, -0.2) is 34.0 Å². The van der Waals surface area contributed by atoms with Crippen molar-refractivity contribution >= 4 is 22.7 Å². The third kappa shape index (κ3) is 4.32. The maximum absolute atomic E-state index is 13.4. The molecule has 0 aliphatic carbocycles. The number of nitrogens with one attached hydrogen (secondary N) is 1. The van der Waals surface area contributed by atoms with Crippen LogP contribution in [0.3, 0.4) is 0 Å². The highest BCUT2D eigenvalue weighted by Crippen LogP contribution is 2.34. The van der Waals surface area contributed by atoms with Gasteiger partial charge in [0.15, 0.2) is 5.78 Å². The molecule has 0 saturated carbocycles. The van der Waals surface area contributed by atoms with Crippen molar-refractivity contribution in [2.24, 2.45) is 0 Å². The van der Waals surface area contributed by atoms with Gasteiger partial charge in [0.1, 0.15) is 5.82 Å². The van der Waals surface area contributed by atoms with Gasteiger partial charge < -0.3 is 15.0 Å². The van der Waals surface area contributed by atoms with E-state index >= 15 is 0 Å². The molecule has 0 radical (unpaired) electrons. The Morgan fingerprint density at radius 2 is 1.82 bits per heavy atom. The number of carbonyl (C=O) groups is 2. The Bertz CT molecular complexity index is 1160. The fraction of sp³-hybridized carbons (Fsp3) is 0.407. The molecule has 0 amide bonds. The zero-order valence-electron chi connectivity index (χ0n) is 19.2. The summed E-state index contributed by atoms with van der Waals surface area (Å²) >= 11 is 0. The Labute approximate surface area is 193 Å². The lowest BCUT2D eigenvalue weighted by molar-refractivity contribution is -0.136. The molecule has 2 heterocycles. The predicted molar refractivity (Wildman–Crippen MR) is 127 cm³/mol. The maximum atomic E-state index is 13.4. The summed E-state index contributed by atoms with van der Waals surface area (Å²) in [6.07, 6.45) is 2.95. The number of benzene rings is 2. The van der Waals surface area contributed by atoms with E-state index in [1.54, 1.807) is 12.1 Å². The summed E-state index contributed by atoms with van der Waals surface area (Å²) in [5.74, 6) is -1.00. The van der Waals surface area contributed by atoms with Crippen LogP contribution >= 0.6 is 0 Å². The summed E-state index contributed by atoms with van der Waals surface area (Å²) in [5.41, 5.74) is 3.27. The first-order valence-electron chi connectivity index (χ1n) is 11.7. The second-order valence-electron chi connectivity index (χ2n) is 8.96. The van der Waals surface area contributed by atoms with Crippen LogP contribution < -0.4 is 5.32 Å². The lowest BCUT2D eigenvalue weighted by atomic mass is 9.72. The highest BCUT2D eigenvalue weighted by atomic mass is 19.1. The number of aromatic nitrogens is 1. The molecular weight excluding hydrogens is 419 g/mol. The number of ketones is 1. The van der Waals surface area contributed by atoms with E-state index in [2.05, 4.69) is 9.88 Å². The molecule has 3 aromatic rings. The molecule has 0 saturated heterocycles. The van der Waals surface area contributed by atoms with Gasteiger partial charge in [0.2, 0.25) is 0 Å². The highest BCUT2D eigenvalue weighted by molar-refractivity contribution is 5.92. The molecule has 2 aromatic carbocycles. The smallest absolute Gasteiger partial charge is 0.307 e. The zero-order valence-corrected chi connectivity index (χ0v) is 19.2. The molecule has 1 aliphatic heterocycles. The SMILES string of the molecule is CCC(CC)(C(=O)CN[C@@H]1CCc2c(CC(=O)O)c3ccccc3n2C1)c1ccc(F)cc1. The van der Waals surface area contributed by atoms with Crippen LogP contribution in [-0.2, 0) is 34.4 Å². The first-order chi connectivity index (χ1) is 15.9. The van der Waals surface area contributed by atoms with Crippen LogP contribution in [0.4, 0.5) is 4.39 Å². The van der Waals surface area contributed by atoms with Gasteiger partial charge in [-0.05, 0) is 55.0 Å². The second kappa shape index (κ2) is 9.48. The van der Waals surface area contributed by atoms with Crippen molar-refractivity contribution in [2.75, 3.05) is 6.54 Å². The highest BCUT2D eigenvalue weighted by Gasteiger charge is 2.36. The molecule has 2 N–H and O–H groups in total. The van der Waals surface area contributed by atoms with E-state index in [1.165, 1.54) is 12.1 Å². The van der Waals surface area contributed by atoms with E-state index in [-0.39, 0.29) is 30.6 Å². The average molecular weight is 451 g/mol. The largest absolute Gasteiger partial charge is 0.481 e. The van der Waals surface area contributed by atoms with Crippen LogP contribution in [0.25, 0.3) is 10.9 Å². The Morgan fingerprint density at radius 3 is 2.48 bits per heavy atom. The third-order valence-electron chi connectivity index (χ3n) is 7.34. The average Bonchev–Trinajstić information content (AvgIpc) is 3.12. The van der Waals surface area contributed by atoms with Crippen molar-refractivity contribution < 1.29 is 19.1 Å². The van der Waals surface area contributed by atoms with Crippen LogP contribution in [0.1, 0.15) is 49.9 Å². The number of para-hydroxylation sites is 1. The van der Waals surface area contributed by atoms with Gasteiger partial charge in [-0.15, -0.1) is 0 Å². The van der Waals surface area contributed by atoms with Crippen LogP contribution in [0.5, 0.6) is 0 Å². The number of hydrogen-bond acceptors (Lipinski definition) is 3. The van der Waals surface area contributed by atoms with Gasteiger partial charge in [-0.2, -0.15) is 0 Å². The fourth-order valence-corrected chi connectivity index (χ4v) is 5.45. The standard InChI is InChI=1S/C27H31FN2O3/c1-3-27(4-2,18-9-11-19(28)12-10-18)25(31)16-29-20-13-14-24-22(15-26(32)33)21-7-5-6-8-23(21)30(24)17-20/h5-12,20,29H,3-4,13-17H2,1-2H3,(H,32,33)/t20-/m1/s1. The Balaban J connectivity index is 1.52. The van der Waals surface area contributed by atoms with Crippen molar-refractivity contribution in [2.45, 2.75) is 64.0 Å². The normalized spacial score (nSPS) is 16.0. The molecular formula is C27H31FN2O3. The first-order valence-corrected chi connectivity index (χ1v) is 11.7. The molecule has 1 aromatic heterocycles. The lowest BCUT2D eigenvalue weighted by Crippen LogP contribution is -2.46. The van der Waals surface area contributed by atoms with E-state index in [0.717, 1.165) is 40.6 Å². The van der Waals surface area contributed by atoms with Crippen LogP contribution in [0.15, 0.2) is 48.5 Å². The van der Waals surface area contributed by atoms with Crippen LogP contribution in [0.2, 0.25) is 0 Å². The summed E-state index contributed by atoms with van der Waals surface area (Å²) in [6, 6.07) is 14.4. The maximum Gasteiger partial charge on any atom is 0.307 e. The predicted octanol–water partition coefficient (Wildman–Crippen LogP) is 4.64. The molecule has 1 atom stereocenters. The number of rotatable bonds is 9. The van der Waals surface area contributed by atoms with Crippen molar-refractivity contribution in [1.82, 2.24) is 9.88 Å². The van der Waals surface area contributed by atoms with Gasteiger partial charge in [-0.25, -0.2) is 4.39 Å². The summed E-state index contributed by atoms with van der Waals surface area (Å²) in [4.78, 5) is 24.9. The fourth-order valence-electron chi connectivity index (χ4n) is 5.45. The minimum atomic E-state index is -0.823. The number of carbonyl (C=O) groups excluding carboxylic acids is 1. The minimum absolute atomic E-state index is 0.0205. The Morgan fingerprint density at radius 1 is 1.12 bits per heavy atom. The number of fused-ring (bicyclic) bond motifs is 3. The van der Waals surface area contributed by atoms with E-state index in [1.807, 2.05) is 38.1 Å². The number of nitrogens with zero attached hydrogens (tertiary/aromatic N) is 1. The first kappa shape index (κ1) is 23.2.